The van der Waals surface area contributed by atoms with Crippen molar-refractivity contribution in [1.82, 2.24) is 0 Å². The first-order valence-corrected chi connectivity index (χ1v) is 6.36. The third-order valence-corrected chi connectivity index (χ3v) is 3.76. The molecule has 0 aromatic heterocycles. The van der Waals surface area contributed by atoms with Crippen LogP contribution < -0.4 is 5.73 Å². The molecule has 1 aromatic carbocycles. The Morgan fingerprint density at radius 2 is 1.83 bits per heavy atom. The van der Waals surface area contributed by atoms with E-state index in [0.717, 1.165) is 0 Å². The monoisotopic (exact) mass is 311 g/mol. The Kier molecular flexibility index (Phi) is 6.97. The van der Waals surface area contributed by atoms with E-state index in [-0.39, 0.29) is 23.9 Å². The summed E-state index contributed by atoms with van der Waals surface area (Å²) in [5, 5.41) is 11.0. The van der Waals surface area contributed by atoms with Gasteiger partial charge in [-0.05, 0) is 17.9 Å². The summed E-state index contributed by atoms with van der Waals surface area (Å²) in [6.45, 7) is 6.14. The number of aliphatic hydroxyl groups excluding tert-OH is 1. The fourth-order valence-electron chi connectivity index (χ4n) is 1.50. The minimum atomic E-state index is -0.685. The van der Waals surface area contributed by atoms with Gasteiger partial charge in [-0.15, -0.1) is 12.4 Å². The third kappa shape index (κ3) is 4.60. The maximum absolute atomic E-state index is 10.1. The molecule has 0 unspecified atom stereocenters. The van der Waals surface area contributed by atoms with Crippen LogP contribution in [0.1, 0.15) is 38.9 Å². The Balaban J connectivity index is 0.00000289. The smallest absolute Gasteiger partial charge is 0.0819 e. The molecule has 0 fully saturated rings. The molecule has 5 heteroatoms. The predicted octanol–water partition coefficient (Wildman–Crippen LogP) is 4.21. The minimum absolute atomic E-state index is 0. The van der Waals surface area contributed by atoms with Crippen molar-refractivity contribution in [2.45, 2.75) is 39.3 Å². The van der Waals surface area contributed by atoms with Crippen LogP contribution in [0.2, 0.25) is 10.0 Å². The van der Waals surface area contributed by atoms with Gasteiger partial charge in [0.25, 0.3) is 0 Å². The molecule has 0 saturated heterocycles. The van der Waals surface area contributed by atoms with Crippen molar-refractivity contribution in [2.75, 3.05) is 0 Å². The number of benzene rings is 1. The van der Waals surface area contributed by atoms with E-state index in [2.05, 4.69) is 0 Å². The van der Waals surface area contributed by atoms with Crippen molar-refractivity contribution < 1.29 is 5.11 Å². The Morgan fingerprint density at radius 3 is 2.33 bits per heavy atom. The average Bonchev–Trinajstić information content (AvgIpc) is 2.20. The molecule has 0 heterocycles. The fourth-order valence-corrected chi connectivity index (χ4v) is 1.93. The van der Waals surface area contributed by atoms with Crippen molar-refractivity contribution in [1.29, 1.82) is 0 Å². The molecule has 0 aliphatic carbocycles. The number of nitrogens with two attached hydrogens (primary N) is 1. The van der Waals surface area contributed by atoms with Gasteiger partial charge in [0.2, 0.25) is 0 Å². The molecule has 0 bridgehead atoms. The molecule has 0 saturated carbocycles. The fraction of sp³-hybridized carbons (Fsp3) is 0.538. The summed E-state index contributed by atoms with van der Waals surface area (Å²) in [5.74, 6) is 0. The number of aliphatic hydroxyl groups is 1. The van der Waals surface area contributed by atoms with Crippen LogP contribution in [0.25, 0.3) is 0 Å². The quantitative estimate of drug-likeness (QED) is 0.878. The molecule has 0 aliphatic rings. The first-order chi connectivity index (χ1) is 7.73. The highest BCUT2D eigenvalue weighted by Crippen LogP contribution is 2.33. The molecule has 3 N–H and O–H groups in total. The van der Waals surface area contributed by atoms with E-state index < -0.39 is 6.10 Å². The van der Waals surface area contributed by atoms with Crippen molar-refractivity contribution in [3.05, 3.63) is 33.8 Å². The molecule has 0 spiro atoms. The summed E-state index contributed by atoms with van der Waals surface area (Å²) in [6, 6.07) is 5.14. The number of halogens is 3. The van der Waals surface area contributed by atoms with Crippen molar-refractivity contribution >= 4 is 35.6 Å². The molecule has 2 nitrogen and oxygen atoms in total. The normalized spacial score (nSPS) is 14.8. The number of hydrogen-bond acceptors (Lipinski definition) is 2. The second-order valence-corrected chi connectivity index (χ2v) is 6.15. The summed E-state index contributed by atoms with van der Waals surface area (Å²) >= 11 is 12.0. The highest BCUT2D eigenvalue weighted by Gasteiger charge is 2.25. The molecule has 1 rings (SSSR count). The van der Waals surface area contributed by atoms with E-state index in [1.54, 1.807) is 18.2 Å². The van der Waals surface area contributed by atoms with E-state index in [0.29, 0.717) is 22.0 Å². The van der Waals surface area contributed by atoms with Gasteiger partial charge in [-0.1, -0.05) is 56.1 Å². The van der Waals surface area contributed by atoms with E-state index >= 15 is 0 Å². The second kappa shape index (κ2) is 6.97. The Hall–Kier alpha value is 0.01000. The summed E-state index contributed by atoms with van der Waals surface area (Å²) in [5.41, 5.74) is 6.63. The van der Waals surface area contributed by atoms with Gasteiger partial charge in [-0.2, -0.15) is 0 Å². The lowest BCUT2D eigenvalue weighted by Gasteiger charge is -2.29. The van der Waals surface area contributed by atoms with Gasteiger partial charge >= 0.3 is 0 Å². The van der Waals surface area contributed by atoms with Crippen LogP contribution in [0.4, 0.5) is 0 Å². The Bertz CT molecular complexity index is 390. The van der Waals surface area contributed by atoms with Crippen LogP contribution in [0.15, 0.2) is 18.2 Å². The molecular formula is C13H20Cl3NO. The van der Waals surface area contributed by atoms with Crippen LogP contribution in [0, 0.1) is 5.41 Å². The SMILES string of the molecule is CC(C)(C)[C@@H](N)C[C@@H](O)c1cccc(Cl)c1Cl.Cl. The van der Waals surface area contributed by atoms with Gasteiger partial charge in [-0.25, -0.2) is 0 Å². The third-order valence-electron chi connectivity index (χ3n) is 2.93. The van der Waals surface area contributed by atoms with Gasteiger partial charge in [0.15, 0.2) is 0 Å². The molecule has 1 aromatic rings. The summed E-state index contributed by atoms with van der Waals surface area (Å²) in [6.07, 6.45) is -0.223. The van der Waals surface area contributed by atoms with Gasteiger partial charge in [0.05, 0.1) is 16.1 Å². The lowest BCUT2D eigenvalue weighted by atomic mass is 9.83. The molecule has 0 aliphatic heterocycles. The van der Waals surface area contributed by atoms with Gasteiger partial charge in [0, 0.05) is 11.6 Å². The van der Waals surface area contributed by atoms with Crippen LogP contribution in [-0.4, -0.2) is 11.1 Å². The first kappa shape index (κ1) is 18.0. The summed E-state index contributed by atoms with van der Waals surface area (Å²) < 4.78 is 0. The van der Waals surface area contributed by atoms with E-state index in [1.807, 2.05) is 20.8 Å². The predicted molar refractivity (Wildman–Crippen MR) is 80.7 cm³/mol. The first-order valence-electron chi connectivity index (χ1n) is 5.61. The second-order valence-electron chi connectivity index (χ2n) is 5.37. The van der Waals surface area contributed by atoms with Crippen LogP contribution in [0.5, 0.6) is 0 Å². The van der Waals surface area contributed by atoms with E-state index in [9.17, 15) is 5.11 Å². The maximum Gasteiger partial charge on any atom is 0.0819 e. The zero-order valence-corrected chi connectivity index (χ0v) is 13.1. The topological polar surface area (TPSA) is 46.2 Å². The highest BCUT2D eigenvalue weighted by molar-refractivity contribution is 6.42. The number of hydrogen-bond donors (Lipinski definition) is 2. The standard InChI is InChI=1S/C13H19Cl2NO.ClH/c1-13(2,3)11(16)7-10(17)8-5-4-6-9(14)12(8)15;/h4-6,10-11,17H,7,16H2,1-3H3;1H/t10-,11+;/m1./s1. The zero-order valence-electron chi connectivity index (χ0n) is 10.8. The van der Waals surface area contributed by atoms with Crippen molar-refractivity contribution in [3.8, 4) is 0 Å². The van der Waals surface area contributed by atoms with Gasteiger partial charge in [0.1, 0.15) is 0 Å². The average molecular weight is 313 g/mol. The molecular weight excluding hydrogens is 293 g/mol. The Morgan fingerprint density at radius 1 is 1.28 bits per heavy atom. The maximum atomic E-state index is 10.1. The lowest BCUT2D eigenvalue weighted by molar-refractivity contribution is 0.133. The highest BCUT2D eigenvalue weighted by atomic mass is 35.5. The van der Waals surface area contributed by atoms with Gasteiger partial charge < -0.3 is 10.8 Å². The number of rotatable bonds is 3. The van der Waals surface area contributed by atoms with Gasteiger partial charge in [-0.3, -0.25) is 0 Å². The molecule has 0 amide bonds. The Labute approximate surface area is 125 Å². The molecule has 0 radical (unpaired) electrons. The van der Waals surface area contributed by atoms with Crippen molar-refractivity contribution in [2.24, 2.45) is 11.1 Å². The van der Waals surface area contributed by atoms with Crippen LogP contribution in [-0.2, 0) is 0 Å². The van der Waals surface area contributed by atoms with Crippen LogP contribution >= 0.6 is 35.6 Å². The zero-order chi connectivity index (χ0) is 13.2. The van der Waals surface area contributed by atoms with E-state index in [4.69, 9.17) is 28.9 Å². The molecule has 2 atom stereocenters. The summed E-state index contributed by atoms with van der Waals surface area (Å²) in [7, 11) is 0. The van der Waals surface area contributed by atoms with Crippen LogP contribution in [0.3, 0.4) is 0 Å². The molecule has 18 heavy (non-hydrogen) atoms. The van der Waals surface area contributed by atoms with E-state index in [1.165, 1.54) is 0 Å². The minimum Gasteiger partial charge on any atom is -0.388 e. The largest absolute Gasteiger partial charge is 0.388 e. The van der Waals surface area contributed by atoms with Crippen molar-refractivity contribution in [3.63, 3.8) is 0 Å². The molecule has 104 valence electrons. The summed E-state index contributed by atoms with van der Waals surface area (Å²) in [4.78, 5) is 0. The lowest BCUT2D eigenvalue weighted by Crippen LogP contribution is -2.36.